The Morgan fingerprint density at radius 2 is 1.67 bits per heavy atom. The van der Waals surface area contributed by atoms with Crippen molar-refractivity contribution in [2.24, 2.45) is 11.8 Å². The van der Waals surface area contributed by atoms with E-state index in [1.165, 1.54) is 11.8 Å². The number of carboxylic acids is 2. The van der Waals surface area contributed by atoms with E-state index >= 15 is 0 Å². The average Bonchev–Trinajstić information content (AvgIpc) is 2.24. The lowest BCUT2D eigenvalue weighted by Crippen LogP contribution is -2.46. The topological polar surface area (TPSA) is 98.1 Å². The van der Waals surface area contributed by atoms with Crippen molar-refractivity contribution in [2.45, 2.75) is 33.2 Å². The van der Waals surface area contributed by atoms with Gasteiger partial charge in [0.15, 0.2) is 0 Å². The molecule has 2 unspecified atom stereocenters. The van der Waals surface area contributed by atoms with Crippen molar-refractivity contribution in [3.05, 3.63) is 0 Å². The summed E-state index contributed by atoms with van der Waals surface area (Å²) in [6, 6.07) is -0.751. The van der Waals surface area contributed by atoms with Gasteiger partial charge in [0.05, 0.1) is 12.5 Å². The molecule has 0 radical (unpaired) electrons. The lowest BCUT2D eigenvalue weighted by atomic mass is 10.0. The zero-order valence-electron chi connectivity index (χ0n) is 11.2. The van der Waals surface area contributed by atoms with E-state index in [1.54, 1.807) is 0 Å². The van der Waals surface area contributed by atoms with Crippen molar-refractivity contribution in [1.82, 2.24) is 4.90 Å². The third-order valence-corrected chi connectivity index (χ3v) is 2.74. The van der Waals surface area contributed by atoms with Gasteiger partial charge >= 0.3 is 11.9 Å². The maximum Gasteiger partial charge on any atom is 0.320 e. The third-order valence-electron chi connectivity index (χ3n) is 2.74. The van der Waals surface area contributed by atoms with Crippen LogP contribution in [0.25, 0.3) is 0 Å². The second-order valence-corrected chi connectivity index (χ2v) is 4.94. The van der Waals surface area contributed by atoms with Crippen LogP contribution in [0.2, 0.25) is 0 Å². The van der Waals surface area contributed by atoms with E-state index in [-0.39, 0.29) is 25.6 Å². The summed E-state index contributed by atoms with van der Waals surface area (Å²) < 4.78 is 0. The Labute approximate surface area is 107 Å². The largest absolute Gasteiger partial charge is 0.481 e. The van der Waals surface area contributed by atoms with Crippen LogP contribution in [0.15, 0.2) is 0 Å². The number of nitrogens with zero attached hydrogens (tertiary/aromatic N) is 1. The number of rotatable bonds is 9. The van der Waals surface area contributed by atoms with E-state index in [0.717, 1.165) is 0 Å². The summed E-state index contributed by atoms with van der Waals surface area (Å²) in [5, 5.41) is 27.0. The molecule has 3 N–H and O–H groups in total. The van der Waals surface area contributed by atoms with Crippen molar-refractivity contribution in [1.29, 1.82) is 0 Å². The van der Waals surface area contributed by atoms with Gasteiger partial charge in [-0.05, 0) is 12.3 Å². The molecular formula is C12H23NO5. The molecular weight excluding hydrogens is 238 g/mol. The maximum absolute atomic E-state index is 11.2. The fourth-order valence-electron chi connectivity index (χ4n) is 1.79. The molecule has 6 nitrogen and oxygen atoms in total. The molecule has 0 rings (SSSR count). The first-order valence-electron chi connectivity index (χ1n) is 6.10. The highest BCUT2D eigenvalue weighted by Gasteiger charge is 2.28. The molecule has 0 aliphatic rings. The second kappa shape index (κ2) is 8.05. The maximum atomic E-state index is 11.2. The van der Waals surface area contributed by atoms with Gasteiger partial charge in [-0.15, -0.1) is 0 Å². The third kappa shape index (κ3) is 5.97. The molecule has 2 atom stereocenters. The number of aliphatic hydroxyl groups excluding tert-OH is 1. The standard InChI is InChI=1S/C12H23NO5/c1-8(2)6-10(12(17)18)13(4-5-14)7-9(3)11(15)16/h8-10,14H,4-7H2,1-3H3,(H,15,16)(H,17,18). The summed E-state index contributed by atoms with van der Waals surface area (Å²) >= 11 is 0. The smallest absolute Gasteiger partial charge is 0.320 e. The number of aliphatic hydroxyl groups is 1. The monoisotopic (exact) mass is 261 g/mol. The Balaban J connectivity index is 4.79. The van der Waals surface area contributed by atoms with Crippen LogP contribution in [-0.2, 0) is 9.59 Å². The summed E-state index contributed by atoms with van der Waals surface area (Å²) in [6.07, 6.45) is 0.432. The van der Waals surface area contributed by atoms with E-state index in [4.69, 9.17) is 10.2 Å². The molecule has 0 fully saturated rings. The fraction of sp³-hybridized carbons (Fsp3) is 0.833. The van der Waals surface area contributed by atoms with Crippen molar-refractivity contribution in [3.63, 3.8) is 0 Å². The molecule has 0 aromatic heterocycles. The molecule has 0 amide bonds. The minimum Gasteiger partial charge on any atom is -0.481 e. The van der Waals surface area contributed by atoms with Crippen LogP contribution < -0.4 is 0 Å². The average molecular weight is 261 g/mol. The van der Waals surface area contributed by atoms with Crippen molar-refractivity contribution in [2.75, 3.05) is 19.7 Å². The van der Waals surface area contributed by atoms with Crippen LogP contribution in [0.4, 0.5) is 0 Å². The molecule has 0 aromatic carbocycles. The van der Waals surface area contributed by atoms with E-state index in [0.29, 0.717) is 6.42 Å². The van der Waals surface area contributed by atoms with Crippen LogP contribution in [-0.4, -0.2) is 57.9 Å². The molecule has 6 heteroatoms. The van der Waals surface area contributed by atoms with E-state index < -0.39 is 23.9 Å². The van der Waals surface area contributed by atoms with Crippen molar-refractivity contribution in [3.8, 4) is 0 Å². The first-order valence-corrected chi connectivity index (χ1v) is 6.10. The van der Waals surface area contributed by atoms with E-state index in [2.05, 4.69) is 0 Å². The first kappa shape index (κ1) is 16.9. The Morgan fingerprint density at radius 1 is 1.11 bits per heavy atom. The Bertz CT molecular complexity index is 280. The van der Waals surface area contributed by atoms with Gasteiger partial charge in [-0.1, -0.05) is 20.8 Å². The molecule has 0 aliphatic heterocycles. The Hall–Kier alpha value is -1.14. The second-order valence-electron chi connectivity index (χ2n) is 4.94. The number of carboxylic acid groups (broad SMARTS) is 2. The fourth-order valence-corrected chi connectivity index (χ4v) is 1.79. The molecule has 0 aromatic rings. The molecule has 18 heavy (non-hydrogen) atoms. The summed E-state index contributed by atoms with van der Waals surface area (Å²) in [5.74, 6) is -2.42. The molecule has 0 heterocycles. The van der Waals surface area contributed by atoms with Crippen molar-refractivity contribution < 1.29 is 24.9 Å². The summed E-state index contributed by atoms with van der Waals surface area (Å²) in [7, 11) is 0. The van der Waals surface area contributed by atoms with E-state index in [9.17, 15) is 14.7 Å². The number of hydrogen-bond donors (Lipinski definition) is 3. The van der Waals surface area contributed by atoms with Gasteiger partial charge in [-0.3, -0.25) is 14.5 Å². The lowest BCUT2D eigenvalue weighted by Gasteiger charge is -2.30. The van der Waals surface area contributed by atoms with Gasteiger partial charge in [-0.2, -0.15) is 0 Å². The Morgan fingerprint density at radius 3 is 2.00 bits per heavy atom. The molecule has 0 bridgehead atoms. The molecule has 0 spiro atoms. The normalized spacial score (nSPS) is 14.8. The number of carbonyl (C=O) groups is 2. The summed E-state index contributed by atoms with van der Waals surface area (Å²) in [5.41, 5.74) is 0. The molecule has 106 valence electrons. The van der Waals surface area contributed by atoms with Crippen LogP contribution in [0.3, 0.4) is 0 Å². The molecule has 0 saturated carbocycles. The van der Waals surface area contributed by atoms with Gasteiger partial charge in [0.1, 0.15) is 6.04 Å². The lowest BCUT2D eigenvalue weighted by molar-refractivity contribution is -0.148. The highest BCUT2D eigenvalue weighted by molar-refractivity contribution is 5.74. The predicted molar refractivity (Wildman–Crippen MR) is 66.3 cm³/mol. The number of aliphatic carboxylic acids is 2. The van der Waals surface area contributed by atoms with Gasteiger partial charge in [-0.25, -0.2) is 0 Å². The van der Waals surface area contributed by atoms with Gasteiger partial charge < -0.3 is 15.3 Å². The zero-order chi connectivity index (χ0) is 14.3. The van der Waals surface area contributed by atoms with Crippen LogP contribution >= 0.6 is 0 Å². The zero-order valence-corrected chi connectivity index (χ0v) is 11.2. The van der Waals surface area contributed by atoms with Crippen molar-refractivity contribution >= 4 is 11.9 Å². The molecule has 0 saturated heterocycles. The van der Waals surface area contributed by atoms with Gasteiger partial charge in [0.2, 0.25) is 0 Å². The summed E-state index contributed by atoms with van der Waals surface area (Å²) in [4.78, 5) is 23.6. The summed E-state index contributed by atoms with van der Waals surface area (Å²) in [6.45, 7) is 5.46. The van der Waals surface area contributed by atoms with Crippen LogP contribution in [0.5, 0.6) is 0 Å². The van der Waals surface area contributed by atoms with Crippen LogP contribution in [0, 0.1) is 11.8 Å². The minimum absolute atomic E-state index is 0.125. The van der Waals surface area contributed by atoms with Gasteiger partial charge in [0.25, 0.3) is 0 Å². The highest BCUT2D eigenvalue weighted by Crippen LogP contribution is 2.14. The predicted octanol–water partition coefficient (Wildman–Crippen LogP) is 0.501. The minimum atomic E-state index is -0.977. The Kier molecular flexibility index (Phi) is 7.54. The first-order chi connectivity index (χ1) is 8.29. The SMILES string of the molecule is CC(C)CC(C(=O)O)N(CCO)CC(C)C(=O)O. The van der Waals surface area contributed by atoms with Gasteiger partial charge in [0, 0.05) is 13.1 Å². The number of hydrogen-bond acceptors (Lipinski definition) is 4. The van der Waals surface area contributed by atoms with E-state index in [1.807, 2.05) is 13.8 Å². The van der Waals surface area contributed by atoms with Crippen LogP contribution in [0.1, 0.15) is 27.2 Å². The highest BCUT2D eigenvalue weighted by atomic mass is 16.4. The molecule has 0 aliphatic carbocycles. The quantitative estimate of drug-likeness (QED) is 0.559.